The van der Waals surface area contributed by atoms with Crippen molar-refractivity contribution >= 4 is 21.6 Å². The van der Waals surface area contributed by atoms with Crippen molar-refractivity contribution in [3.8, 4) is 0 Å². The van der Waals surface area contributed by atoms with E-state index in [0.29, 0.717) is 12.0 Å². The Hall–Kier alpha value is -2.34. The second-order valence-corrected chi connectivity index (χ2v) is 9.67. The number of hydrogen-bond donors (Lipinski definition) is 0. The molecular weight excluding hydrogens is 372 g/mol. The number of piperidine rings is 1. The van der Waals surface area contributed by atoms with E-state index in [1.165, 1.54) is 10.4 Å². The molecule has 5 nitrogen and oxygen atoms in total. The summed E-state index contributed by atoms with van der Waals surface area (Å²) in [5, 5.41) is 0. The van der Waals surface area contributed by atoms with Gasteiger partial charge in [0.25, 0.3) is 15.9 Å². The van der Waals surface area contributed by atoms with Gasteiger partial charge in [0, 0.05) is 24.2 Å². The molecule has 2 aliphatic rings. The first-order valence-electron chi connectivity index (χ1n) is 9.93. The Kier molecular flexibility index (Phi) is 4.91. The zero-order valence-corrected chi connectivity index (χ0v) is 17.2. The van der Waals surface area contributed by atoms with Crippen molar-refractivity contribution in [3.05, 3.63) is 59.7 Å². The lowest BCUT2D eigenvalue weighted by Crippen LogP contribution is -2.42. The molecule has 0 saturated carbocycles. The number of anilines is 1. The van der Waals surface area contributed by atoms with E-state index in [2.05, 4.69) is 6.92 Å². The van der Waals surface area contributed by atoms with Crippen LogP contribution in [0.2, 0.25) is 0 Å². The highest BCUT2D eigenvalue weighted by Crippen LogP contribution is 2.36. The quantitative estimate of drug-likeness (QED) is 0.789. The molecule has 28 heavy (non-hydrogen) atoms. The maximum atomic E-state index is 13.4. The van der Waals surface area contributed by atoms with Crippen LogP contribution in [0.15, 0.2) is 53.4 Å². The highest BCUT2D eigenvalue weighted by Gasteiger charge is 2.36. The molecule has 1 amide bonds. The van der Waals surface area contributed by atoms with E-state index in [1.807, 2.05) is 36.1 Å². The Labute approximate surface area is 167 Å². The maximum Gasteiger partial charge on any atom is 0.264 e. The van der Waals surface area contributed by atoms with Crippen LogP contribution in [0.4, 0.5) is 5.69 Å². The van der Waals surface area contributed by atoms with Crippen LogP contribution in [-0.2, 0) is 16.4 Å². The molecule has 1 saturated heterocycles. The highest BCUT2D eigenvalue weighted by atomic mass is 32.2. The maximum absolute atomic E-state index is 13.4. The molecule has 2 aliphatic heterocycles. The SMILES string of the molecule is CC1CCCCN1C(=O)c1cccc(S(=O)(=O)N2c3ccccc3CC2C)c1. The summed E-state index contributed by atoms with van der Waals surface area (Å²) < 4.78 is 28.3. The monoisotopic (exact) mass is 398 g/mol. The number of likely N-dealkylation sites (tertiary alicyclic amines) is 1. The van der Waals surface area contributed by atoms with Gasteiger partial charge in [0.1, 0.15) is 0 Å². The minimum Gasteiger partial charge on any atom is -0.336 e. The standard InChI is InChI=1S/C22H26N2O3S/c1-16-8-5-6-13-23(16)22(25)19-10-7-11-20(15-19)28(26,27)24-17(2)14-18-9-3-4-12-21(18)24/h3-4,7,9-12,15-17H,5-6,8,13-14H2,1-2H3. The largest absolute Gasteiger partial charge is 0.336 e. The van der Waals surface area contributed by atoms with Crippen molar-refractivity contribution in [3.63, 3.8) is 0 Å². The smallest absolute Gasteiger partial charge is 0.264 e. The first-order valence-corrected chi connectivity index (χ1v) is 11.4. The Morgan fingerprint density at radius 2 is 1.79 bits per heavy atom. The van der Waals surface area contributed by atoms with Gasteiger partial charge in [-0.1, -0.05) is 24.3 Å². The predicted molar refractivity (Wildman–Crippen MR) is 110 cm³/mol. The fraction of sp³-hybridized carbons (Fsp3) is 0.409. The van der Waals surface area contributed by atoms with Crippen molar-refractivity contribution in [2.75, 3.05) is 10.8 Å². The van der Waals surface area contributed by atoms with Crippen LogP contribution >= 0.6 is 0 Å². The fourth-order valence-electron chi connectivity index (χ4n) is 4.37. The molecule has 2 atom stereocenters. The van der Waals surface area contributed by atoms with Gasteiger partial charge < -0.3 is 4.90 Å². The van der Waals surface area contributed by atoms with Gasteiger partial charge in [-0.15, -0.1) is 0 Å². The molecule has 0 aromatic heterocycles. The van der Waals surface area contributed by atoms with Gasteiger partial charge in [0.05, 0.1) is 10.6 Å². The number of benzene rings is 2. The fourth-order valence-corrected chi connectivity index (χ4v) is 6.11. The third kappa shape index (κ3) is 3.20. The summed E-state index contributed by atoms with van der Waals surface area (Å²) in [6, 6.07) is 14.1. The molecule has 2 heterocycles. The molecule has 6 heteroatoms. The number of sulfonamides is 1. The minimum atomic E-state index is -3.74. The molecule has 1 fully saturated rings. The highest BCUT2D eigenvalue weighted by molar-refractivity contribution is 7.92. The van der Waals surface area contributed by atoms with E-state index in [-0.39, 0.29) is 22.9 Å². The summed E-state index contributed by atoms with van der Waals surface area (Å²) in [7, 11) is -3.74. The van der Waals surface area contributed by atoms with E-state index in [1.54, 1.807) is 18.2 Å². The predicted octanol–water partition coefficient (Wildman–Crippen LogP) is 3.84. The molecule has 2 aromatic carbocycles. The molecule has 2 unspecified atom stereocenters. The molecule has 0 spiro atoms. The zero-order chi connectivity index (χ0) is 19.9. The van der Waals surface area contributed by atoms with Crippen LogP contribution in [-0.4, -0.2) is 37.9 Å². The van der Waals surface area contributed by atoms with E-state index in [4.69, 9.17) is 0 Å². The second kappa shape index (κ2) is 7.24. The lowest BCUT2D eigenvalue weighted by atomic mass is 10.0. The topological polar surface area (TPSA) is 57.7 Å². The van der Waals surface area contributed by atoms with Crippen molar-refractivity contribution in [1.29, 1.82) is 0 Å². The van der Waals surface area contributed by atoms with Crippen molar-refractivity contribution in [2.45, 2.75) is 56.5 Å². The van der Waals surface area contributed by atoms with E-state index < -0.39 is 10.0 Å². The number of carbonyl (C=O) groups is 1. The molecule has 0 aliphatic carbocycles. The Morgan fingerprint density at radius 3 is 2.57 bits per heavy atom. The number of fused-ring (bicyclic) bond motifs is 1. The van der Waals surface area contributed by atoms with Gasteiger partial charge in [-0.05, 0) is 69.4 Å². The van der Waals surface area contributed by atoms with Gasteiger partial charge >= 0.3 is 0 Å². The lowest BCUT2D eigenvalue weighted by Gasteiger charge is -2.33. The van der Waals surface area contributed by atoms with Gasteiger partial charge in [0.15, 0.2) is 0 Å². The van der Waals surface area contributed by atoms with E-state index in [9.17, 15) is 13.2 Å². The van der Waals surface area contributed by atoms with Crippen LogP contribution in [0.5, 0.6) is 0 Å². The van der Waals surface area contributed by atoms with Crippen LogP contribution in [0.25, 0.3) is 0 Å². The second-order valence-electron chi connectivity index (χ2n) is 7.85. The molecule has 2 aromatic rings. The number of nitrogens with zero attached hydrogens (tertiary/aromatic N) is 2. The van der Waals surface area contributed by atoms with E-state index >= 15 is 0 Å². The third-order valence-corrected chi connectivity index (χ3v) is 7.77. The summed E-state index contributed by atoms with van der Waals surface area (Å²) in [4.78, 5) is 15.0. The first kappa shape index (κ1) is 19.0. The van der Waals surface area contributed by atoms with Crippen molar-refractivity contribution < 1.29 is 13.2 Å². The normalized spacial score (nSPS) is 22.2. The van der Waals surface area contributed by atoms with Gasteiger partial charge in [-0.3, -0.25) is 9.10 Å². The number of rotatable bonds is 3. The van der Waals surface area contributed by atoms with Crippen molar-refractivity contribution in [1.82, 2.24) is 4.90 Å². The number of hydrogen-bond acceptors (Lipinski definition) is 3. The molecule has 4 rings (SSSR count). The average molecular weight is 399 g/mol. The van der Waals surface area contributed by atoms with Crippen LogP contribution in [0.3, 0.4) is 0 Å². The number of amides is 1. The van der Waals surface area contributed by atoms with Gasteiger partial charge in [-0.2, -0.15) is 0 Å². The Bertz CT molecular complexity index is 1000. The third-order valence-electron chi connectivity index (χ3n) is 5.85. The molecule has 0 radical (unpaired) electrons. The number of carbonyl (C=O) groups excluding carboxylic acids is 1. The Morgan fingerprint density at radius 1 is 1.00 bits per heavy atom. The zero-order valence-electron chi connectivity index (χ0n) is 16.3. The summed E-state index contributed by atoms with van der Waals surface area (Å²) in [5.74, 6) is -0.0841. The van der Waals surface area contributed by atoms with Crippen LogP contribution in [0.1, 0.15) is 49.0 Å². The lowest BCUT2D eigenvalue weighted by molar-refractivity contribution is 0.0635. The molecule has 0 bridgehead atoms. The average Bonchev–Trinajstić information content (AvgIpc) is 3.04. The van der Waals surface area contributed by atoms with Crippen LogP contribution < -0.4 is 4.31 Å². The molecule has 148 valence electrons. The summed E-state index contributed by atoms with van der Waals surface area (Å²) >= 11 is 0. The van der Waals surface area contributed by atoms with Gasteiger partial charge in [-0.25, -0.2) is 8.42 Å². The summed E-state index contributed by atoms with van der Waals surface area (Å²) in [6.07, 6.45) is 3.81. The van der Waals surface area contributed by atoms with Crippen molar-refractivity contribution in [2.24, 2.45) is 0 Å². The summed E-state index contributed by atoms with van der Waals surface area (Å²) in [5.41, 5.74) is 2.21. The molecule has 0 N–H and O–H groups in total. The molecular formula is C22H26N2O3S. The minimum absolute atomic E-state index is 0.0841. The summed E-state index contributed by atoms with van der Waals surface area (Å²) in [6.45, 7) is 4.70. The van der Waals surface area contributed by atoms with E-state index in [0.717, 1.165) is 37.1 Å². The van der Waals surface area contributed by atoms with Crippen LogP contribution in [0, 0.1) is 0 Å². The number of para-hydroxylation sites is 1. The Balaban J connectivity index is 1.68. The van der Waals surface area contributed by atoms with Gasteiger partial charge in [0.2, 0.25) is 0 Å². The first-order chi connectivity index (χ1) is 13.4.